The third-order valence-electron chi connectivity index (χ3n) is 4.14. The predicted octanol–water partition coefficient (Wildman–Crippen LogP) is 2.75. The summed E-state index contributed by atoms with van der Waals surface area (Å²) in [5, 5.41) is 2.20. The highest BCUT2D eigenvalue weighted by Gasteiger charge is 2.20. The van der Waals surface area contributed by atoms with Crippen molar-refractivity contribution >= 4 is 29.1 Å². The van der Waals surface area contributed by atoms with Crippen LogP contribution in [0.25, 0.3) is 0 Å². The highest BCUT2D eigenvalue weighted by atomic mass is 32.1. The van der Waals surface area contributed by atoms with Gasteiger partial charge < -0.3 is 9.47 Å². The molecule has 2 aromatic rings. The molecule has 0 aliphatic heterocycles. The Morgan fingerprint density at radius 3 is 2.69 bits per heavy atom. The van der Waals surface area contributed by atoms with Crippen LogP contribution in [0.5, 0.6) is 5.75 Å². The van der Waals surface area contributed by atoms with Gasteiger partial charge in [-0.05, 0) is 49.4 Å². The molecule has 0 fully saturated rings. The van der Waals surface area contributed by atoms with Crippen molar-refractivity contribution in [3.8, 4) is 5.75 Å². The Balaban J connectivity index is 1.54. The Bertz CT molecular complexity index is 819. The number of carbonyl (C=O) groups is 3. The van der Waals surface area contributed by atoms with E-state index in [2.05, 4.69) is 5.32 Å². The largest absolute Gasteiger partial charge is 0.496 e. The van der Waals surface area contributed by atoms with E-state index in [4.69, 9.17) is 9.47 Å². The number of aryl methyl sites for hydroxylation is 2. The maximum atomic E-state index is 12.1. The van der Waals surface area contributed by atoms with E-state index in [0.29, 0.717) is 10.6 Å². The molecule has 1 aliphatic rings. The fourth-order valence-corrected chi connectivity index (χ4v) is 4.00. The summed E-state index contributed by atoms with van der Waals surface area (Å²) >= 11 is 1.42. The molecule has 0 saturated heterocycles. The molecule has 1 N–H and O–H groups in total. The standard InChI is InChI=1S/C19H19NO5S/c1-24-14-8-4-3-7-13(14)18(22)20-17(21)11-25-19(23)16-10-12-6-2-5-9-15(12)26-16/h3-4,7-8,10H,2,5-6,9,11H2,1H3,(H,20,21,22). The summed E-state index contributed by atoms with van der Waals surface area (Å²) in [6.45, 7) is -0.512. The number of fused-ring (bicyclic) bond motifs is 1. The summed E-state index contributed by atoms with van der Waals surface area (Å²) in [4.78, 5) is 37.9. The van der Waals surface area contributed by atoms with Gasteiger partial charge >= 0.3 is 5.97 Å². The number of esters is 1. The molecule has 1 aromatic carbocycles. The van der Waals surface area contributed by atoms with Gasteiger partial charge in [0.15, 0.2) is 6.61 Å². The molecule has 0 radical (unpaired) electrons. The molecule has 3 rings (SSSR count). The van der Waals surface area contributed by atoms with Crippen molar-refractivity contribution in [3.63, 3.8) is 0 Å². The Labute approximate surface area is 155 Å². The molecule has 1 aromatic heterocycles. The lowest BCUT2D eigenvalue weighted by molar-refractivity contribution is -0.123. The Hall–Kier alpha value is -2.67. The van der Waals surface area contributed by atoms with Crippen LogP contribution in [0.2, 0.25) is 0 Å². The lowest BCUT2D eigenvalue weighted by atomic mass is 9.99. The summed E-state index contributed by atoms with van der Waals surface area (Å²) in [7, 11) is 1.44. The number of amides is 2. The zero-order valence-corrected chi connectivity index (χ0v) is 15.2. The molecule has 1 heterocycles. The van der Waals surface area contributed by atoms with Crippen molar-refractivity contribution in [2.75, 3.05) is 13.7 Å². The Kier molecular flexibility index (Phi) is 5.68. The second-order valence-electron chi connectivity index (χ2n) is 5.92. The number of carbonyl (C=O) groups excluding carboxylic acids is 3. The molecule has 0 bridgehead atoms. The normalized spacial score (nSPS) is 12.8. The summed E-state index contributed by atoms with van der Waals surface area (Å²) in [6.07, 6.45) is 4.23. The van der Waals surface area contributed by atoms with Gasteiger partial charge in [-0.15, -0.1) is 11.3 Å². The van der Waals surface area contributed by atoms with Crippen molar-refractivity contribution in [1.82, 2.24) is 5.32 Å². The molecule has 0 saturated carbocycles. The number of thiophene rings is 1. The quantitative estimate of drug-likeness (QED) is 0.815. The first-order chi connectivity index (χ1) is 12.6. The van der Waals surface area contributed by atoms with Crippen LogP contribution < -0.4 is 10.1 Å². The van der Waals surface area contributed by atoms with Crippen LogP contribution in [0.1, 0.15) is 43.3 Å². The molecule has 0 atom stereocenters. The van der Waals surface area contributed by atoms with Gasteiger partial charge in [0.2, 0.25) is 0 Å². The van der Waals surface area contributed by atoms with E-state index in [0.717, 1.165) is 25.7 Å². The number of hydrogen-bond donors (Lipinski definition) is 1. The topological polar surface area (TPSA) is 81.7 Å². The molecule has 1 aliphatic carbocycles. The van der Waals surface area contributed by atoms with Gasteiger partial charge in [-0.3, -0.25) is 14.9 Å². The van der Waals surface area contributed by atoms with Crippen molar-refractivity contribution in [3.05, 3.63) is 51.2 Å². The number of methoxy groups -OCH3 is 1. The molecule has 6 nitrogen and oxygen atoms in total. The number of ether oxygens (including phenoxy) is 2. The van der Waals surface area contributed by atoms with Crippen molar-refractivity contribution < 1.29 is 23.9 Å². The minimum atomic E-state index is -0.685. The van der Waals surface area contributed by atoms with Crippen LogP contribution in [-0.2, 0) is 22.4 Å². The van der Waals surface area contributed by atoms with Gasteiger partial charge in [0.1, 0.15) is 10.6 Å². The van der Waals surface area contributed by atoms with Crippen LogP contribution >= 0.6 is 11.3 Å². The maximum absolute atomic E-state index is 12.1. The Morgan fingerprint density at radius 1 is 1.15 bits per heavy atom. The summed E-state index contributed by atoms with van der Waals surface area (Å²) in [5.41, 5.74) is 1.43. The van der Waals surface area contributed by atoms with Crippen molar-refractivity contribution in [2.45, 2.75) is 25.7 Å². The number of imide groups is 1. The van der Waals surface area contributed by atoms with E-state index in [-0.39, 0.29) is 5.56 Å². The van der Waals surface area contributed by atoms with Gasteiger partial charge in [0.25, 0.3) is 11.8 Å². The van der Waals surface area contributed by atoms with Crippen molar-refractivity contribution in [1.29, 1.82) is 0 Å². The van der Waals surface area contributed by atoms with E-state index in [9.17, 15) is 14.4 Å². The lowest BCUT2D eigenvalue weighted by Crippen LogP contribution is -2.34. The average Bonchev–Trinajstić information content (AvgIpc) is 3.10. The number of hydrogen-bond acceptors (Lipinski definition) is 6. The third-order valence-corrected chi connectivity index (χ3v) is 5.35. The first-order valence-electron chi connectivity index (χ1n) is 8.34. The van der Waals surface area contributed by atoms with E-state index in [1.807, 2.05) is 6.07 Å². The fraction of sp³-hybridized carbons (Fsp3) is 0.316. The van der Waals surface area contributed by atoms with E-state index < -0.39 is 24.4 Å². The fourth-order valence-electron chi connectivity index (χ4n) is 2.86. The molecule has 136 valence electrons. The highest BCUT2D eigenvalue weighted by Crippen LogP contribution is 2.30. The van der Waals surface area contributed by atoms with Gasteiger partial charge in [-0.1, -0.05) is 12.1 Å². The number of benzene rings is 1. The van der Waals surface area contributed by atoms with Crippen LogP contribution in [0.4, 0.5) is 0 Å². The molecule has 26 heavy (non-hydrogen) atoms. The molecule has 2 amide bonds. The highest BCUT2D eigenvalue weighted by molar-refractivity contribution is 7.14. The van der Waals surface area contributed by atoms with Gasteiger partial charge in [-0.25, -0.2) is 4.79 Å². The van der Waals surface area contributed by atoms with E-state index >= 15 is 0 Å². The van der Waals surface area contributed by atoms with Crippen LogP contribution in [0.3, 0.4) is 0 Å². The average molecular weight is 373 g/mol. The summed E-state index contributed by atoms with van der Waals surface area (Å²) < 4.78 is 10.1. The minimum absolute atomic E-state index is 0.237. The number of rotatable bonds is 5. The third kappa shape index (κ3) is 4.11. The zero-order chi connectivity index (χ0) is 18.5. The molecule has 0 spiro atoms. The molecule has 7 heteroatoms. The smallest absolute Gasteiger partial charge is 0.348 e. The Morgan fingerprint density at radius 2 is 1.92 bits per heavy atom. The number of para-hydroxylation sites is 1. The number of nitrogens with one attached hydrogen (secondary N) is 1. The summed E-state index contributed by atoms with van der Waals surface area (Å²) in [6, 6.07) is 8.40. The molecule has 0 unspecified atom stereocenters. The second-order valence-corrected chi connectivity index (χ2v) is 7.06. The zero-order valence-electron chi connectivity index (χ0n) is 14.4. The minimum Gasteiger partial charge on any atom is -0.496 e. The molecular formula is C19H19NO5S. The van der Waals surface area contributed by atoms with Gasteiger partial charge in [0.05, 0.1) is 12.7 Å². The SMILES string of the molecule is COc1ccccc1C(=O)NC(=O)COC(=O)c1cc2c(s1)CCCC2. The first-order valence-corrected chi connectivity index (χ1v) is 9.16. The predicted molar refractivity (Wildman–Crippen MR) is 96.7 cm³/mol. The van der Waals surface area contributed by atoms with Gasteiger partial charge in [0, 0.05) is 4.88 Å². The van der Waals surface area contributed by atoms with Gasteiger partial charge in [-0.2, -0.15) is 0 Å². The van der Waals surface area contributed by atoms with Crippen LogP contribution in [-0.4, -0.2) is 31.5 Å². The molecular weight excluding hydrogens is 354 g/mol. The van der Waals surface area contributed by atoms with E-state index in [1.165, 1.54) is 28.9 Å². The summed E-state index contributed by atoms with van der Waals surface area (Å²) in [5.74, 6) is -1.46. The van der Waals surface area contributed by atoms with E-state index in [1.54, 1.807) is 24.3 Å². The monoisotopic (exact) mass is 373 g/mol. The second kappa shape index (κ2) is 8.14. The lowest BCUT2D eigenvalue weighted by Gasteiger charge is -2.08. The van der Waals surface area contributed by atoms with Crippen LogP contribution in [0.15, 0.2) is 30.3 Å². The van der Waals surface area contributed by atoms with Crippen LogP contribution in [0, 0.1) is 0 Å². The maximum Gasteiger partial charge on any atom is 0.348 e. The first kappa shape index (κ1) is 18.1. The van der Waals surface area contributed by atoms with Crippen molar-refractivity contribution in [2.24, 2.45) is 0 Å².